The first-order valence-corrected chi connectivity index (χ1v) is 3.76. The van der Waals surface area contributed by atoms with Crippen LogP contribution in [0.3, 0.4) is 0 Å². The van der Waals surface area contributed by atoms with E-state index < -0.39 is 0 Å². The van der Waals surface area contributed by atoms with Crippen LogP contribution < -0.4 is 5.73 Å². The Morgan fingerprint density at radius 2 is 1.75 bits per heavy atom. The zero-order valence-electron chi connectivity index (χ0n) is 6.53. The molecule has 2 nitrogen and oxygen atoms in total. The summed E-state index contributed by atoms with van der Waals surface area (Å²) in [6.07, 6.45) is 1.66. The minimum Gasteiger partial charge on any atom is -0.449 e. The molecule has 1 heterocycles. The molecular formula is C10H9NO. The first kappa shape index (κ1) is 6.98. The minimum atomic E-state index is 0.453. The molecule has 2 aromatic rings. The van der Waals surface area contributed by atoms with Gasteiger partial charge in [-0.25, -0.2) is 0 Å². The minimum absolute atomic E-state index is 0.453. The van der Waals surface area contributed by atoms with E-state index in [1.165, 1.54) is 0 Å². The van der Waals surface area contributed by atoms with Crippen LogP contribution >= 0.6 is 0 Å². The number of benzene rings is 1. The molecule has 0 atom stereocenters. The molecule has 0 saturated carbocycles. The fourth-order valence-corrected chi connectivity index (χ4v) is 1.13. The molecule has 2 N–H and O–H groups in total. The highest BCUT2D eigenvalue weighted by atomic mass is 16.3. The summed E-state index contributed by atoms with van der Waals surface area (Å²) in [5, 5.41) is 0. The van der Waals surface area contributed by atoms with Gasteiger partial charge in [0.2, 0.25) is 0 Å². The van der Waals surface area contributed by atoms with Crippen LogP contribution in [0.1, 0.15) is 0 Å². The fourth-order valence-electron chi connectivity index (χ4n) is 1.13. The predicted octanol–water partition coefficient (Wildman–Crippen LogP) is 2.53. The fraction of sp³-hybridized carbons (Fsp3) is 0. The maximum absolute atomic E-state index is 5.45. The van der Waals surface area contributed by atoms with Gasteiger partial charge < -0.3 is 10.2 Å². The van der Waals surface area contributed by atoms with E-state index in [0.29, 0.717) is 5.88 Å². The molecule has 0 spiro atoms. The zero-order chi connectivity index (χ0) is 8.39. The molecule has 0 bridgehead atoms. The van der Waals surface area contributed by atoms with E-state index in [1.807, 2.05) is 36.4 Å². The van der Waals surface area contributed by atoms with Gasteiger partial charge in [-0.15, -0.1) is 0 Å². The summed E-state index contributed by atoms with van der Waals surface area (Å²) < 4.78 is 5.00. The van der Waals surface area contributed by atoms with E-state index in [1.54, 1.807) is 6.26 Å². The van der Waals surface area contributed by atoms with Crippen molar-refractivity contribution in [2.45, 2.75) is 0 Å². The van der Waals surface area contributed by atoms with Gasteiger partial charge in [-0.3, -0.25) is 0 Å². The summed E-state index contributed by atoms with van der Waals surface area (Å²) in [5.74, 6) is 0.453. The van der Waals surface area contributed by atoms with Gasteiger partial charge in [-0.1, -0.05) is 30.3 Å². The summed E-state index contributed by atoms with van der Waals surface area (Å²) in [7, 11) is 0. The number of hydrogen-bond acceptors (Lipinski definition) is 2. The third-order valence-corrected chi connectivity index (χ3v) is 1.73. The van der Waals surface area contributed by atoms with Crippen molar-refractivity contribution >= 4 is 5.88 Å². The molecule has 0 aliphatic rings. The second-order valence-corrected chi connectivity index (χ2v) is 2.60. The lowest BCUT2D eigenvalue weighted by molar-refractivity contribution is 0.588. The molecule has 1 aromatic heterocycles. The molecule has 60 valence electrons. The van der Waals surface area contributed by atoms with E-state index in [2.05, 4.69) is 0 Å². The van der Waals surface area contributed by atoms with Crippen LogP contribution in [-0.4, -0.2) is 0 Å². The van der Waals surface area contributed by atoms with Gasteiger partial charge in [0.05, 0.1) is 0 Å². The molecule has 0 aliphatic heterocycles. The Morgan fingerprint density at radius 1 is 1.00 bits per heavy atom. The molecule has 2 rings (SSSR count). The van der Waals surface area contributed by atoms with Gasteiger partial charge in [0.25, 0.3) is 0 Å². The average Bonchev–Trinajstić information content (AvgIpc) is 2.54. The van der Waals surface area contributed by atoms with Gasteiger partial charge in [-0.05, 0) is 5.56 Å². The van der Waals surface area contributed by atoms with Crippen LogP contribution in [0.5, 0.6) is 0 Å². The van der Waals surface area contributed by atoms with E-state index >= 15 is 0 Å². The predicted molar refractivity (Wildman–Crippen MR) is 48.6 cm³/mol. The summed E-state index contributed by atoms with van der Waals surface area (Å²) in [5.41, 5.74) is 7.59. The van der Waals surface area contributed by atoms with Gasteiger partial charge in [-0.2, -0.15) is 0 Å². The van der Waals surface area contributed by atoms with Crippen molar-refractivity contribution in [3.05, 3.63) is 42.7 Å². The maximum atomic E-state index is 5.45. The third-order valence-electron chi connectivity index (χ3n) is 1.73. The van der Waals surface area contributed by atoms with Crippen molar-refractivity contribution in [2.75, 3.05) is 5.73 Å². The second-order valence-electron chi connectivity index (χ2n) is 2.60. The van der Waals surface area contributed by atoms with E-state index in [0.717, 1.165) is 11.1 Å². The number of nitrogen functional groups attached to an aromatic ring is 1. The van der Waals surface area contributed by atoms with Crippen molar-refractivity contribution in [1.82, 2.24) is 0 Å². The van der Waals surface area contributed by atoms with Crippen LogP contribution in [0, 0.1) is 0 Å². The highest BCUT2D eigenvalue weighted by Crippen LogP contribution is 2.22. The summed E-state index contributed by atoms with van der Waals surface area (Å²) in [6, 6.07) is 11.8. The summed E-state index contributed by atoms with van der Waals surface area (Å²) in [4.78, 5) is 0. The smallest absolute Gasteiger partial charge is 0.190 e. The molecule has 0 amide bonds. The van der Waals surface area contributed by atoms with Crippen molar-refractivity contribution in [1.29, 1.82) is 0 Å². The number of anilines is 1. The van der Waals surface area contributed by atoms with Gasteiger partial charge >= 0.3 is 0 Å². The van der Waals surface area contributed by atoms with Crippen molar-refractivity contribution < 1.29 is 4.42 Å². The quantitative estimate of drug-likeness (QED) is 0.694. The average molecular weight is 159 g/mol. The van der Waals surface area contributed by atoms with Gasteiger partial charge in [0.15, 0.2) is 5.88 Å². The van der Waals surface area contributed by atoms with E-state index in [4.69, 9.17) is 10.2 Å². The first-order valence-electron chi connectivity index (χ1n) is 3.76. The number of furan rings is 1. The second kappa shape index (κ2) is 2.74. The zero-order valence-corrected chi connectivity index (χ0v) is 6.53. The van der Waals surface area contributed by atoms with Crippen LogP contribution in [0.25, 0.3) is 11.1 Å². The third kappa shape index (κ3) is 1.19. The van der Waals surface area contributed by atoms with Crippen molar-refractivity contribution in [2.24, 2.45) is 0 Å². The van der Waals surface area contributed by atoms with Crippen LogP contribution in [0.15, 0.2) is 47.1 Å². The molecule has 0 unspecified atom stereocenters. The summed E-state index contributed by atoms with van der Waals surface area (Å²) in [6.45, 7) is 0. The topological polar surface area (TPSA) is 39.2 Å². The Kier molecular flexibility index (Phi) is 1.59. The lowest BCUT2D eigenvalue weighted by atomic mass is 10.1. The standard InChI is InChI=1S/C10H9NO/c11-10-6-9(7-12-10)8-4-2-1-3-5-8/h1-7H,11H2. The number of rotatable bonds is 1. The van der Waals surface area contributed by atoms with Gasteiger partial charge in [0, 0.05) is 11.6 Å². The Morgan fingerprint density at radius 3 is 2.33 bits per heavy atom. The molecule has 1 aromatic carbocycles. The number of hydrogen-bond donors (Lipinski definition) is 1. The summed E-state index contributed by atoms with van der Waals surface area (Å²) >= 11 is 0. The normalized spacial score (nSPS) is 10.0. The largest absolute Gasteiger partial charge is 0.449 e. The van der Waals surface area contributed by atoms with Crippen LogP contribution in [0.2, 0.25) is 0 Å². The van der Waals surface area contributed by atoms with Crippen molar-refractivity contribution in [3.8, 4) is 11.1 Å². The Bertz CT molecular complexity index is 364. The molecule has 2 heteroatoms. The Labute approximate surface area is 70.6 Å². The van der Waals surface area contributed by atoms with Gasteiger partial charge in [0.1, 0.15) is 6.26 Å². The van der Waals surface area contributed by atoms with E-state index in [-0.39, 0.29) is 0 Å². The molecule has 0 aliphatic carbocycles. The molecular weight excluding hydrogens is 150 g/mol. The molecule has 0 radical (unpaired) electrons. The lowest BCUT2D eigenvalue weighted by Gasteiger charge is -1.92. The Balaban J connectivity index is 2.45. The molecule has 0 fully saturated rings. The highest BCUT2D eigenvalue weighted by molar-refractivity contribution is 5.64. The monoisotopic (exact) mass is 159 g/mol. The van der Waals surface area contributed by atoms with Crippen LogP contribution in [0.4, 0.5) is 5.88 Å². The first-order chi connectivity index (χ1) is 5.86. The number of nitrogens with two attached hydrogens (primary N) is 1. The Hall–Kier alpha value is -1.70. The van der Waals surface area contributed by atoms with E-state index in [9.17, 15) is 0 Å². The lowest BCUT2D eigenvalue weighted by Crippen LogP contribution is -1.76. The van der Waals surface area contributed by atoms with Crippen molar-refractivity contribution in [3.63, 3.8) is 0 Å². The maximum Gasteiger partial charge on any atom is 0.190 e. The SMILES string of the molecule is Nc1cc(-c2ccccc2)co1. The van der Waals surface area contributed by atoms with Crippen LogP contribution in [-0.2, 0) is 0 Å². The molecule has 12 heavy (non-hydrogen) atoms. The highest BCUT2D eigenvalue weighted by Gasteiger charge is 1.99. The molecule has 0 saturated heterocycles.